The summed E-state index contributed by atoms with van der Waals surface area (Å²) in [6, 6.07) is 16.0. The minimum Gasteiger partial charge on any atom is -0.495 e. The Morgan fingerprint density at radius 3 is 2.52 bits per heavy atom. The Morgan fingerprint density at radius 2 is 1.81 bits per heavy atom. The Bertz CT molecular complexity index is 931. The monoisotopic (exact) mass is 382 g/mol. The average Bonchev–Trinajstić information content (AvgIpc) is 2.65. The fraction of sp³-hybridized carbons (Fsp3) is 0.238. The summed E-state index contributed by atoms with van der Waals surface area (Å²) in [7, 11) is 3.63. The minimum absolute atomic E-state index is 0.518. The SMILES string of the molecule is COc1cc(Cl)c(C)cc1Nc1nc(C)cc(N(C)Cc2ccccc2)n1. The molecule has 27 heavy (non-hydrogen) atoms. The first-order valence-corrected chi connectivity index (χ1v) is 9.06. The van der Waals surface area contributed by atoms with Crippen LogP contribution in [0.15, 0.2) is 48.5 Å². The summed E-state index contributed by atoms with van der Waals surface area (Å²) in [5, 5.41) is 3.92. The van der Waals surface area contributed by atoms with Crippen molar-refractivity contribution in [1.82, 2.24) is 9.97 Å². The second-order valence-corrected chi connectivity index (χ2v) is 6.87. The number of ether oxygens (including phenoxy) is 1. The molecule has 0 bridgehead atoms. The van der Waals surface area contributed by atoms with Gasteiger partial charge in [-0.1, -0.05) is 41.9 Å². The second kappa shape index (κ2) is 8.27. The van der Waals surface area contributed by atoms with Gasteiger partial charge in [-0.3, -0.25) is 0 Å². The standard InChI is InChI=1S/C21H23ClN4O/c1-14-10-18(19(27-4)12-17(14)22)24-21-23-15(2)11-20(25-21)26(3)13-16-8-6-5-7-9-16/h5-12H,13H2,1-4H3,(H,23,24,25). The van der Waals surface area contributed by atoms with Crippen molar-refractivity contribution in [2.75, 3.05) is 24.4 Å². The lowest BCUT2D eigenvalue weighted by atomic mass is 10.2. The third-order valence-electron chi connectivity index (χ3n) is 4.22. The third kappa shape index (κ3) is 4.68. The molecule has 5 nitrogen and oxygen atoms in total. The third-order valence-corrected chi connectivity index (χ3v) is 4.63. The van der Waals surface area contributed by atoms with Crippen LogP contribution in [0.5, 0.6) is 5.75 Å². The molecule has 140 valence electrons. The molecule has 1 N–H and O–H groups in total. The molecule has 2 aromatic carbocycles. The second-order valence-electron chi connectivity index (χ2n) is 6.46. The van der Waals surface area contributed by atoms with Crippen molar-refractivity contribution in [3.8, 4) is 5.75 Å². The van der Waals surface area contributed by atoms with E-state index in [9.17, 15) is 0 Å². The van der Waals surface area contributed by atoms with Gasteiger partial charge in [0.25, 0.3) is 0 Å². The van der Waals surface area contributed by atoms with Gasteiger partial charge in [-0.05, 0) is 31.0 Å². The summed E-state index contributed by atoms with van der Waals surface area (Å²) in [4.78, 5) is 11.3. The number of benzene rings is 2. The van der Waals surface area contributed by atoms with Gasteiger partial charge >= 0.3 is 0 Å². The maximum absolute atomic E-state index is 6.19. The highest BCUT2D eigenvalue weighted by Gasteiger charge is 2.11. The molecule has 0 aliphatic heterocycles. The van der Waals surface area contributed by atoms with Crippen LogP contribution in [0.2, 0.25) is 5.02 Å². The highest BCUT2D eigenvalue weighted by atomic mass is 35.5. The molecule has 6 heteroatoms. The first kappa shape index (κ1) is 19.0. The number of methoxy groups -OCH3 is 1. The van der Waals surface area contributed by atoms with Gasteiger partial charge in [-0.15, -0.1) is 0 Å². The molecular weight excluding hydrogens is 360 g/mol. The zero-order valence-corrected chi connectivity index (χ0v) is 16.7. The van der Waals surface area contributed by atoms with Gasteiger partial charge in [0, 0.05) is 36.4 Å². The quantitative estimate of drug-likeness (QED) is 0.640. The molecule has 1 aromatic heterocycles. The molecule has 0 unspecified atom stereocenters. The molecule has 0 radical (unpaired) electrons. The molecule has 1 heterocycles. The van der Waals surface area contributed by atoms with Gasteiger partial charge in [0.15, 0.2) is 0 Å². The number of aryl methyl sites for hydroxylation is 2. The lowest BCUT2D eigenvalue weighted by molar-refractivity contribution is 0.416. The predicted molar refractivity (Wildman–Crippen MR) is 111 cm³/mol. The van der Waals surface area contributed by atoms with Crippen LogP contribution in [0, 0.1) is 13.8 Å². The molecule has 0 aliphatic rings. The predicted octanol–water partition coefficient (Wildman–Crippen LogP) is 5.14. The summed E-state index contributed by atoms with van der Waals surface area (Å²) < 4.78 is 5.43. The van der Waals surface area contributed by atoms with Crippen LogP contribution >= 0.6 is 11.6 Å². The number of rotatable bonds is 6. The zero-order chi connectivity index (χ0) is 19.4. The van der Waals surface area contributed by atoms with E-state index >= 15 is 0 Å². The number of nitrogens with zero attached hydrogens (tertiary/aromatic N) is 3. The molecular formula is C21H23ClN4O. The van der Waals surface area contributed by atoms with Crippen LogP contribution in [0.3, 0.4) is 0 Å². The fourth-order valence-corrected chi connectivity index (χ4v) is 2.95. The van der Waals surface area contributed by atoms with E-state index in [1.54, 1.807) is 13.2 Å². The van der Waals surface area contributed by atoms with Crippen LogP contribution in [-0.2, 0) is 6.54 Å². The van der Waals surface area contributed by atoms with E-state index in [1.165, 1.54) is 5.56 Å². The van der Waals surface area contributed by atoms with Crippen LogP contribution < -0.4 is 15.0 Å². The highest BCUT2D eigenvalue weighted by Crippen LogP contribution is 2.32. The van der Waals surface area contributed by atoms with Crippen molar-refractivity contribution < 1.29 is 4.74 Å². The summed E-state index contributed by atoms with van der Waals surface area (Å²) >= 11 is 6.19. The van der Waals surface area contributed by atoms with Crippen molar-refractivity contribution in [1.29, 1.82) is 0 Å². The number of hydrogen-bond donors (Lipinski definition) is 1. The van der Waals surface area contributed by atoms with Gasteiger partial charge in [0.1, 0.15) is 11.6 Å². The van der Waals surface area contributed by atoms with E-state index in [-0.39, 0.29) is 0 Å². The Hall–Kier alpha value is -2.79. The van der Waals surface area contributed by atoms with Crippen molar-refractivity contribution in [2.24, 2.45) is 0 Å². The summed E-state index contributed by atoms with van der Waals surface area (Å²) in [5.74, 6) is 2.01. The first-order chi connectivity index (χ1) is 13.0. The molecule has 0 saturated heterocycles. The Kier molecular flexibility index (Phi) is 5.81. The van der Waals surface area contributed by atoms with E-state index in [0.29, 0.717) is 16.7 Å². The van der Waals surface area contributed by atoms with Crippen LogP contribution in [0.25, 0.3) is 0 Å². The molecule has 0 saturated carbocycles. The minimum atomic E-state index is 0.518. The van der Waals surface area contributed by atoms with E-state index < -0.39 is 0 Å². The molecule has 3 rings (SSSR count). The fourth-order valence-electron chi connectivity index (χ4n) is 2.79. The normalized spacial score (nSPS) is 10.6. The maximum Gasteiger partial charge on any atom is 0.229 e. The van der Waals surface area contributed by atoms with Crippen molar-refractivity contribution in [3.05, 3.63) is 70.4 Å². The van der Waals surface area contributed by atoms with Crippen molar-refractivity contribution >= 4 is 29.1 Å². The Labute approximate surface area is 165 Å². The highest BCUT2D eigenvalue weighted by molar-refractivity contribution is 6.31. The van der Waals surface area contributed by atoms with Crippen LogP contribution in [0.4, 0.5) is 17.5 Å². The van der Waals surface area contributed by atoms with Gasteiger partial charge in [-0.25, -0.2) is 4.98 Å². The number of nitrogens with one attached hydrogen (secondary N) is 1. The molecule has 0 amide bonds. The summed E-state index contributed by atoms with van der Waals surface area (Å²) in [6.45, 7) is 4.67. The Morgan fingerprint density at radius 1 is 1.07 bits per heavy atom. The van der Waals surface area contributed by atoms with Gasteiger partial charge in [0.05, 0.1) is 12.8 Å². The van der Waals surface area contributed by atoms with Crippen LogP contribution in [0.1, 0.15) is 16.8 Å². The van der Waals surface area contributed by atoms with E-state index in [4.69, 9.17) is 16.3 Å². The molecule has 0 aliphatic carbocycles. The lowest BCUT2D eigenvalue weighted by Gasteiger charge is -2.20. The number of anilines is 3. The van der Waals surface area contributed by atoms with Gasteiger partial charge < -0.3 is 15.0 Å². The average molecular weight is 383 g/mol. The van der Waals surface area contributed by atoms with Gasteiger partial charge in [0.2, 0.25) is 5.95 Å². The Balaban J connectivity index is 1.86. The lowest BCUT2D eigenvalue weighted by Crippen LogP contribution is -2.18. The number of hydrogen-bond acceptors (Lipinski definition) is 5. The molecule has 0 fully saturated rings. The number of aromatic nitrogens is 2. The van der Waals surface area contributed by atoms with Gasteiger partial charge in [-0.2, -0.15) is 4.98 Å². The molecule has 0 spiro atoms. The largest absolute Gasteiger partial charge is 0.495 e. The smallest absolute Gasteiger partial charge is 0.229 e. The maximum atomic E-state index is 6.19. The summed E-state index contributed by atoms with van der Waals surface area (Å²) in [6.07, 6.45) is 0. The molecule has 3 aromatic rings. The van der Waals surface area contributed by atoms with Crippen molar-refractivity contribution in [2.45, 2.75) is 20.4 Å². The van der Waals surface area contributed by atoms with E-state index in [2.05, 4.69) is 32.3 Å². The summed E-state index contributed by atoms with van der Waals surface area (Å²) in [5.41, 5.74) is 3.84. The first-order valence-electron chi connectivity index (χ1n) is 8.68. The number of halogens is 1. The topological polar surface area (TPSA) is 50.3 Å². The van der Waals surface area contributed by atoms with E-state index in [1.807, 2.05) is 51.2 Å². The molecule has 0 atom stereocenters. The van der Waals surface area contributed by atoms with E-state index in [0.717, 1.165) is 29.3 Å². The van der Waals surface area contributed by atoms with Crippen molar-refractivity contribution in [3.63, 3.8) is 0 Å². The van der Waals surface area contributed by atoms with Crippen LogP contribution in [-0.4, -0.2) is 24.1 Å². The zero-order valence-electron chi connectivity index (χ0n) is 16.0.